The third-order valence-electron chi connectivity index (χ3n) is 5.09. The van der Waals surface area contributed by atoms with Gasteiger partial charge in [0.25, 0.3) is 0 Å². The monoisotopic (exact) mass is 271 g/mol. The van der Waals surface area contributed by atoms with Crippen LogP contribution in [0.4, 0.5) is 0 Å². The first kappa shape index (κ1) is 13.7. The Bertz CT molecular complexity index is 508. The van der Waals surface area contributed by atoms with Crippen molar-refractivity contribution in [1.82, 2.24) is 4.98 Å². The molecule has 2 bridgehead atoms. The lowest BCUT2D eigenvalue weighted by molar-refractivity contribution is 0.206. The molecule has 0 radical (unpaired) electrons. The average molecular weight is 271 g/mol. The Labute approximate surface area is 122 Å². The SMILES string of the molecule is CCCC1C2C=CC(c3c(OC)ccnc32)C1CCC. The molecule has 4 rings (SSSR count). The summed E-state index contributed by atoms with van der Waals surface area (Å²) in [6.45, 7) is 4.60. The van der Waals surface area contributed by atoms with Crippen molar-refractivity contribution in [2.24, 2.45) is 11.8 Å². The van der Waals surface area contributed by atoms with Crippen molar-refractivity contribution >= 4 is 0 Å². The van der Waals surface area contributed by atoms with E-state index in [2.05, 4.69) is 26.0 Å². The lowest BCUT2D eigenvalue weighted by Crippen LogP contribution is -2.36. The quantitative estimate of drug-likeness (QED) is 0.726. The molecule has 1 aromatic rings. The van der Waals surface area contributed by atoms with E-state index >= 15 is 0 Å². The summed E-state index contributed by atoms with van der Waals surface area (Å²) in [5.74, 6) is 3.57. The first-order valence-corrected chi connectivity index (χ1v) is 8.02. The van der Waals surface area contributed by atoms with E-state index in [0.29, 0.717) is 11.8 Å². The van der Waals surface area contributed by atoms with Crippen molar-refractivity contribution in [3.05, 3.63) is 35.7 Å². The molecule has 1 aromatic heterocycles. The summed E-state index contributed by atoms with van der Waals surface area (Å²) < 4.78 is 5.61. The maximum Gasteiger partial charge on any atom is 0.126 e. The van der Waals surface area contributed by atoms with Gasteiger partial charge in [0.1, 0.15) is 5.75 Å². The molecule has 108 valence electrons. The van der Waals surface area contributed by atoms with Gasteiger partial charge in [0.05, 0.1) is 12.8 Å². The molecular weight excluding hydrogens is 246 g/mol. The zero-order valence-corrected chi connectivity index (χ0v) is 12.8. The zero-order valence-electron chi connectivity index (χ0n) is 12.8. The molecule has 0 saturated heterocycles. The van der Waals surface area contributed by atoms with Crippen LogP contribution in [-0.2, 0) is 0 Å². The molecule has 20 heavy (non-hydrogen) atoms. The van der Waals surface area contributed by atoms with Gasteiger partial charge in [-0.25, -0.2) is 0 Å². The highest BCUT2D eigenvalue weighted by Gasteiger charge is 2.45. The van der Waals surface area contributed by atoms with Crippen LogP contribution in [0.1, 0.15) is 62.6 Å². The van der Waals surface area contributed by atoms with Crippen LogP contribution in [0.2, 0.25) is 0 Å². The summed E-state index contributed by atoms with van der Waals surface area (Å²) in [7, 11) is 1.78. The van der Waals surface area contributed by atoms with Crippen molar-refractivity contribution in [2.45, 2.75) is 51.4 Å². The lowest BCUT2D eigenvalue weighted by atomic mass is 9.59. The Balaban J connectivity index is 2.07. The molecule has 0 saturated carbocycles. The normalized spacial score (nSPS) is 30.4. The maximum absolute atomic E-state index is 5.61. The van der Waals surface area contributed by atoms with Gasteiger partial charge in [-0.15, -0.1) is 0 Å². The maximum atomic E-state index is 5.61. The largest absolute Gasteiger partial charge is 0.496 e. The molecule has 0 N–H and O–H groups in total. The van der Waals surface area contributed by atoms with Crippen molar-refractivity contribution in [3.8, 4) is 5.75 Å². The topological polar surface area (TPSA) is 22.1 Å². The van der Waals surface area contributed by atoms with E-state index in [1.54, 1.807) is 7.11 Å². The second kappa shape index (κ2) is 5.59. The molecule has 0 aliphatic heterocycles. The molecule has 4 unspecified atom stereocenters. The second-order valence-corrected chi connectivity index (χ2v) is 6.15. The van der Waals surface area contributed by atoms with E-state index in [0.717, 1.165) is 17.6 Å². The zero-order chi connectivity index (χ0) is 14.1. The van der Waals surface area contributed by atoms with Gasteiger partial charge in [-0.1, -0.05) is 38.8 Å². The highest BCUT2D eigenvalue weighted by Crippen LogP contribution is 2.56. The Hall–Kier alpha value is -1.31. The van der Waals surface area contributed by atoms with Gasteiger partial charge in [-0.05, 0) is 30.7 Å². The predicted molar refractivity (Wildman–Crippen MR) is 82.2 cm³/mol. The molecule has 0 aromatic carbocycles. The third kappa shape index (κ3) is 1.97. The minimum atomic E-state index is 0.501. The summed E-state index contributed by atoms with van der Waals surface area (Å²) in [4.78, 5) is 4.71. The number of hydrogen-bond donors (Lipinski definition) is 0. The van der Waals surface area contributed by atoms with Gasteiger partial charge < -0.3 is 4.74 Å². The summed E-state index contributed by atoms with van der Waals surface area (Å²) in [5, 5.41) is 0. The van der Waals surface area contributed by atoms with E-state index in [1.165, 1.54) is 36.9 Å². The van der Waals surface area contributed by atoms with Gasteiger partial charge in [0, 0.05) is 23.6 Å². The fourth-order valence-corrected chi connectivity index (χ4v) is 4.37. The van der Waals surface area contributed by atoms with Gasteiger partial charge in [-0.2, -0.15) is 0 Å². The van der Waals surface area contributed by atoms with Crippen molar-refractivity contribution in [2.75, 3.05) is 7.11 Å². The summed E-state index contributed by atoms with van der Waals surface area (Å²) in [6, 6.07) is 2.02. The van der Waals surface area contributed by atoms with Crippen molar-refractivity contribution < 1.29 is 4.74 Å². The van der Waals surface area contributed by atoms with Crippen LogP contribution in [-0.4, -0.2) is 12.1 Å². The average Bonchev–Trinajstić information content (AvgIpc) is 2.49. The number of methoxy groups -OCH3 is 1. The molecule has 1 heterocycles. The fourth-order valence-electron chi connectivity index (χ4n) is 4.37. The van der Waals surface area contributed by atoms with E-state index in [-0.39, 0.29) is 0 Å². The molecule has 3 aliphatic rings. The summed E-state index contributed by atoms with van der Waals surface area (Å²) in [5.41, 5.74) is 2.65. The number of aromatic nitrogens is 1. The number of hydrogen-bond acceptors (Lipinski definition) is 2. The van der Waals surface area contributed by atoms with E-state index < -0.39 is 0 Å². The van der Waals surface area contributed by atoms with Crippen LogP contribution in [0.3, 0.4) is 0 Å². The van der Waals surface area contributed by atoms with Crippen LogP contribution in [0.25, 0.3) is 0 Å². The van der Waals surface area contributed by atoms with E-state index in [1.807, 2.05) is 12.3 Å². The minimum absolute atomic E-state index is 0.501. The Morgan fingerprint density at radius 1 is 1.05 bits per heavy atom. The number of ether oxygens (including phenoxy) is 1. The van der Waals surface area contributed by atoms with Gasteiger partial charge in [0.15, 0.2) is 0 Å². The molecule has 4 atom stereocenters. The molecule has 2 nitrogen and oxygen atoms in total. The smallest absolute Gasteiger partial charge is 0.126 e. The van der Waals surface area contributed by atoms with Crippen LogP contribution in [0.5, 0.6) is 5.75 Å². The molecule has 0 amide bonds. The van der Waals surface area contributed by atoms with Crippen molar-refractivity contribution in [1.29, 1.82) is 0 Å². The number of nitrogens with zero attached hydrogens (tertiary/aromatic N) is 1. The first-order chi connectivity index (χ1) is 9.81. The van der Waals surface area contributed by atoms with Crippen LogP contribution >= 0.6 is 0 Å². The minimum Gasteiger partial charge on any atom is -0.496 e. The molecule has 2 heteroatoms. The van der Waals surface area contributed by atoms with Crippen molar-refractivity contribution in [3.63, 3.8) is 0 Å². The Morgan fingerprint density at radius 2 is 1.70 bits per heavy atom. The third-order valence-corrected chi connectivity index (χ3v) is 5.09. The highest BCUT2D eigenvalue weighted by atomic mass is 16.5. The highest BCUT2D eigenvalue weighted by molar-refractivity contribution is 5.50. The van der Waals surface area contributed by atoms with E-state index in [4.69, 9.17) is 9.72 Å². The van der Waals surface area contributed by atoms with E-state index in [9.17, 15) is 0 Å². The van der Waals surface area contributed by atoms with Crippen LogP contribution in [0, 0.1) is 11.8 Å². The molecule has 0 spiro atoms. The first-order valence-electron chi connectivity index (χ1n) is 8.02. The summed E-state index contributed by atoms with van der Waals surface area (Å²) >= 11 is 0. The van der Waals surface area contributed by atoms with Gasteiger partial charge in [-0.3, -0.25) is 4.98 Å². The standard InChI is InChI=1S/C18H25NO/c1-4-6-12-13(7-5-2)15-9-8-14(12)17-16(20-3)10-11-19-18(15)17/h8-15H,4-7H2,1-3H3. The van der Waals surface area contributed by atoms with Gasteiger partial charge >= 0.3 is 0 Å². The molecular formula is C18H25NO. The Kier molecular flexibility index (Phi) is 3.82. The molecule has 0 fully saturated rings. The number of allylic oxidation sites excluding steroid dienone is 2. The van der Waals surface area contributed by atoms with Gasteiger partial charge in [0.2, 0.25) is 0 Å². The predicted octanol–water partition coefficient (Wildman–Crippen LogP) is 4.67. The number of pyridine rings is 1. The number of rotatable bonds is 5. The fraction of sp³-hybridized carbons (Fsp3) is 0.611. The Morgan fingerprint density at radius 3 is 2.35 bits per heavy atom. The summed E-state index contributed by atoms with van der Waals surface area (Å²) in [6.07, 6.45) is 11.9. The van der Waals surface area contributed by atoms with Crippen LogP contribution in [0.15, 0.2) is 24.4 Å². The second-order valence-electron chi connectivity index (χ2n) is 6.15. The lowest BCUT2D eigenvalue weighted by Gasteiger charge is -2.46. The molecule has 3 aliphatic carbocycles. The van der Waals surface area contributed by atoms with Crippen LogP contribution < -0.4 is 4.74 Å². The number of fused-ring (bicyclic) bond motifs is 1.